The van der Waals surface area contributed by atoms with Crippen LogP contribution in [0.4, 0.5) is 0 Å². The predicted octanol–water partition coefficient (Wildman–Crippen LogP) is 3.36. The fourth-order valence-electron chi connectivity index (χ4n) is 2.25. The molecule has 1 atom stereocenters. The van der Waals surface area contributed by atoms with E-state index in [1.807, 2.05) is 25.3 Å². The zero-order valence-corrected chi connectivity index (χ0v) is 12.1. The number of ether oxygens (including phenoxy) is 1. The van der Waals surface area contributed by atoms with Gasteiger partial charge in [-0.3, -0.25) is 4.98 Å². The van der Waals surface area contributed by atoms with Crippen molar-refractivity contribution >= 4 is 0 Å². The van der Waals surface area contributed by atoms with Crippen molar-refractivity contribution in [2.75, 3.05) is 13.2 Å². The number of nitrogens with zero attached hydrogens (tertiary/aromatic N) is 1. The molecular weight excluding hydrogens is 252 g/mol. The number of furan rings is 1. The summed E-state index contributed by atoms with van der Waals surface area (Å²) in [5.74, 6) is 1.84. The quantitative estimate of drug-likeness (QED) is 0.802. The van der Waals surface area contributed by atoms with Crippen LogP contribution in [0.3, 0.4) is 0 Å². The summed E-state index contributed by atoms with van der Waals surface area (Å²) in [6.45, 7) is 5.66. The Morgan fingerprint density at radius 2 is 2.25 bits per heavy atom. The molecule has 0 aliphatic rings. The monoisotopic (exact) mass is 274 g/mol. The molecule has 108 valence electrons. The minimum atomic E-state index is 0.262. The summed E-state index contributed by atoms with van der Waals surface area (Å²) in [6.07, 6.45) is 7.25. The van der Waals surface area contributed by atoms with Crippen molar-refractivity contribution < 1.29 is 9.15 Å². The highest BCUT2D eigenvalue weighted by atomic mass is 16.5. The van der Waals surface area contributed by atoms with E-state index in [2.05, 4.69) is 23.3 Å². The summed E-state index contributed by atoms with van der Waals surface area (Å²) in [5.41, 5.74) is 1.16. The third-order valence-corrected chi connectivity index (χ3v) is 3.16. The van der Waals surface area contributed by atoms with E-state index in [4.69, 9.17) is 9.15 Å². The number of hydrogen-bond donors (Lipinski definition) is 1. The molecule has 0 aromatic carbocycles. The smallest absolute Gasteiger partial charge is 0.137 e. The van der Waals surface area contributed by atoms with Crippen molar-refractivity contribution in [1.82, 2.24) is 10.3 Å². The van der Waals surface area contributed by atoms with Gasteiger partial charge < -0.3 is 14.5 Å². The maximum Gasteiger partial charge on any atom is 0.137 e. The van der Waals surface area contributed by atoms with E-state index in [9.17, 15) is 0 Å². The molecule has 0 spiro atoms. The first-order valence-electron chi connectivity index (χ1n) is 7.17. The molecule has 2 aromatic heterocycles. The molecule has 2 heterocycles. The lowest BCUT2D eigenvalue weighted by Crippen LogP contribution is -2.21. The van der Waals surface area contributed by atoms with E-state index in [1.54, 1.807) is 12.5 Å². The van der Waals surface area contributed by atoms with Crippen LogP contribution in [0, 0.1) is 0 Å². The second-order valence-corrected chi connectivity index (χ2v) is 4.62. The van der Waals surface area contributed by atoms with Gasteiger partial charge in [-0.1, -0.05) is 6.92 Å². The number of nitrogens with one attached hydrogen (secondary N) is 1. The lowest BCUT2D eigenvalue weighted by molar-refractivity contribution is 0.337. The number of hydrogen-bond acceptors (Lipinski definition) is 4. The third kappa shape index (κ3) is 4.10. The van der Waals surface area contributed by atoms with Crippen molar-refractivity contribution in [3.63, 3.8) is 0 Å². The average molecular weight is 274 g/mol. The number of rotatable bonds is 8. The van der Waals surface area contributed by atoms with Gasteiger partial charge in [-0.2, -0.15) is 0 Å². The Hall–Kier alpha value is -1.81. The molecule has 0 radical (unpaired) electrons. The van der Waals surface area contributed by atoms with E-state index < -0.39 is 0 Å². The summed E-state index contributed by atoms with van der Waals surface area (Å²) in [6, 6.07) is 6.26. The van der Waals surface area contributed by atoms with Crippen LogP contribution in [0.1, 0.15) is 37.6 Å². The Morgan fingerprint density at radius 1 is 1.35 bits per heavy atom. The maximum absolute atomic E-state index is 5.52. The van der Waals surface area contributed by atoms with Gasteiger partial charge >= 0.3 is 0 Å². The van der Waals surface area contributed by atoms with Crippen molar-refractivity contribution in [2.45, 2.75) is 32.7 Å². The fraction of sp³-hybridized carbons (Fsp3) is 0.438. The maximum atomic E-state index is 5.52. The van der Waals surface area contributed by atoms with E-state index in [-0.39, 0.29) is 6.04 Å². The van der Waals surface area contributed by atoms with Crippen LogP contribution >= 0.6 is 0 Å². The van der Waals surface area contributed by atoms with Crippen molar-refractivity contribution in [3.05, 3.63) is 48.2 Å². The predicted molar refractivity (Wildman–Crippen MR) is 78.9 cm³/mol. The standard InChI is InChI=1S/C16H22N2O2/c1-3-18-16(8-7-14-6-5-9-20-14)13-10-15(19-4-2)12-17-11-13/h5-6,9-12,16,18H,3-4,7-8H2,1-2H3. The fourth-order valence-corrected chi connectivity index (χ4v) is 2.25. The summed E-state index contributed by atoms with van der Waals surface area (Å²) in [5, 5.41) is 3.49. The SMILES string of the molecule is CCNC(CCc1ccco1)c1cncc(OCC)c1. The molecular formula is C16H22N2O2. The number of pyridine rings is 1. The first-order chi connectivity index (χ1) is 9.83. The Morgan fingerprint density at radius 3 is 2.95 bits per heavy atom. The molecule has 0 bridgehead atoms. The number of aryl methyl sites for hydroxylation is 1. The van der Waals surface area contributed by atoms with Crippen LogP contribution in [-0.2, 0) is 6.42 Å². The molecule has 4 nitrogen and oxygen atoms in total. The highest BCUT2D eigenvalue weighted by Crippen LogP contribution is 2.22. The number of aromatic nitrogens is 1. The van der Waals surface area contributed by atoms with Gasteiger partial charge in [-0.25, -0.2) is 0 Å². The second-order valence-electron chi connectivity index (χ2n) is 4.62. The van der Waals surface area contributed by atoms with Crippen molar-refractivity contribution in [2.24, 2.45) is 0 Å². The summed E-state index contributed by atoms with van der Waals surface area (Å²) in [7, 11) is 0. The van der Waals surface area contributed by atoms with Crippen molar-refractivity contribution in [1.29, 1.82) is 0 Å². The molecule has 0 saturated heterocycles. The molecule has 20 heavy (non-hydrogen) atoms. The van der Waals surface area contributed by atoms with Gasteiger partial charge in [-0.15, -0.1) is 0 Å². The molecule has 2 rings (SSSR count). The van der Waals surface area contributed by atoms with Crippen LogP contribution < -0.4 is 10.1 Å². The Kier molecular flexibility index (Phi) is 5.62. The van der Waals surface area contributed by atoms with Crippen molar-refractivity contribution in [3.8, 4) is 5.75 Å². The van der Waals surface area contributed by atoms with Crippen LogP contribution in [0.25, 0.3) is 0 Å². The lowest BCUT2D eigenvalue weighted by Gasteiger charge is -2.18. The normalized spacial score (nSPS) is 12.3. The first kappa shape index (κ1) is 14.6. The molecule has 0 aliphatic carbocycles. The summed E-state index contributed by atoms with van der Waals surface area (Å²) < 4.78 is 10.9. The van der Waals surface area contributed by atoms with Crippen LogP contribution in [0.5, 0.6) is 5.75 Å². The average Bonchev–Trinajstić information content (AvgIpc) is 2.97. The van der Waals surface area contributed by atoms with Crippen LogP contribution in [0.15, 0.2) is 41.3 Å². The Bertz CT molecular complexity index is 497. The van der Waals surface area contributed by atoms with Gasteiger partial charge in [0, 0.05) is 18.7 Å². The highest BCUT2D eigenvalue weighted by molar-refractivity contribution is 5.26. The van der Waals surface area contributed by atoms with E-state index in [0.717, 1.165) is 36.5 Å². The summed E-state index contributed by atoms with van der Waals surface area (Å²) >= 11 is 0. The topological polar surface area (TPSA) is 47.3 Å². The minimum absolute atomic E-state index is 0.262. The minimum Gasteiger partial charge on any atom is -0.492 e. The molecule has 1 unspecified atom stereocenters. The Balaban J connectivity index is 2.04. The van der Waals surface area contributed by atoms with E-state index >= 15 is 0 Å². The summed E-state index contributed by atoms with van der Waals surface area (Å²) in [4.78, 5) is 4.26. The molecule has 0 fully saturated rings. The van der Waals surface area contributed by atoms with Gasteiger partial charge in [0.25, 0.3) is 0 Å². The third-order valence-electron chi connectivity index (χ3n) is 3.16. The largest absolute Gasteiger partial charge is 0.492 e. The van der Waals surface area contributed by atoms with Gasteiger partial charge in [0.05, 0.1) is 19.1 Å². The molecule has 0 saturated carbocycles. The lowest BCUT2D eigenvalue weighted by atomic mass is 10.0. The van der Waals surface area contributed by atoms with Crippen LogP contribution in [-0.4, -0.2) is 18.1 Å². The molecule has 0 amide bonds. The van der Waals surface area contributed by atoms with Gasteiger partial charge in [0.15, 0.2) is 0 Å². The molecule has 2 aromatic rings. The van der Waals surface area contributed by atoms with Crippen LogP contribution in [0.2, 0.25) is 0 Å². The highest BCUT2D eigenvalue weighted by Gasteiger charge is 2.12. The molecule has 1 N–H and O–H groups in total. The zero-order chi connectivity index (χ0) is 14.2. The van der Waals surface area contributed by atoms with E-state index in [0.29, 0.717) is 6.61 Å². The molecule has 4 heteroatoms. The zero-order valence-electron chi connectivity index (χ0n) is 12.1. The molecule has 0 aliphatic heterocycles. The van der Waals surface area contributed by atoms with Gasteiger partial charge in [0.1, 0.15) is 11.5 Å². The van der Waals surface area contributed by atoms with Gasteiger partial charge in [0.2, 0.25) is 0 Å². The van der Waals surface area contributed by atoms with Gasteiger partial charge in [-0.05, 0) is 43.7 Å². The van der Waals surface area contributed by atoms with E-state index in [1.165, 1.54) is 0 Å². The Labute approximate surface area is 120 Å². The second kappa shape index (κ2) is 7.70. The first-order valence-corrected chi connectivity index (χ1v) is 7.17.